The van der Waals surface area contributed by atoms with Gasteiger partial charge in [-0.1, -0.05) is 0 Å². The second-order valence-electron chi connectivity index (χ2n) is 6.15. The largest absolute Gasteiger partial charge is 0.315 e. The van der Waals surface area contributed by atoms with E-state index in [1.54, 1.807) is 0 Å². The molecule has 0 saturated carbocycles. The van der Waals surface area contributed by atoms with Crippen LogP contribution in [0.5, 0.6) is 0 Å². The van der Waals surface area contributed by atoms with Crippen molar-refractivity contribution < 1.29 is 0 Å². The number of nitrogens with one attached hydrogen (secondary N) is 2. The van der Waals surface area contributed by atoms with E-state index < -0.39 is 0 Å². The number of likely N-dealkylation sites (tertiary alicyclic amines) is 1. The molecule has 1 aliphatic heterocycles. The molecule has 0 aromatic heterocycles. The Hall–Kier alpha value is -0.120. The Morgan fingerprint density at radius 1 is 1.25 bits per heavy atom. The molecular formula is C13H29N3. The topological polar surface area (TPSA) is 27.3 Å². The minimum absolute atomic E-state index is 0.243. The lowest BCUT2D eigenvalue weighted by Crippen LogP contribution is -2.42. The number of nitrogens with zero attached hydrogens (tertiary/aromatic N) is 1. The van der Waals surface area contributed by atoms with Crippen LogP contribution in [0.3, 0.4) is 0 Å². The fourth-order valence-corrected chi connectivity index (χ4v) is 2.27. The van der Waals surface area contributed by atoms with Crippen LogP contribution in [0.4, 0.5) is 0 Å². The van der Waals surface area contributed by atoms with Crippen LogP contribution in [0.25, 0.3) is 0 Å². The van der Waals surface area contributed by atoms with Crippen LogP contribution in [0.2, 0.25) is 0 Å². The van der Waals surface area contributed by atoms with Gasteiger partial charge in [0.05, 0.1) is 0 Å². The molecule has 1 rings (SSSR count). The molecule has 0 aromatic rings. The van der Waals surface area contributed by atoms with E-state index >= 15 is 0 Å². The second kappa shape index (κ2) is 6.58. The first-order valence-corrected chi connectivity index (χ1v) is 6.62. The van der Waals surface area contributed by atoms with E-state index in [4.69, 9.17) is 0 Å². The molecule has 1 saturated heterocycles. The van der Waals surface area contributed by atoms with E-state index in [9.17, 15) is 0 Å². The zero-order chi connectivity index (χ0) is 12.0. The molecule has 0 bridgehead atoms. The molecular weight excluding hydrogens is 198 g/mol. The molecule has 2 N–H and O–H groups in total. The van der Waals surface area contributed by atoms with Gasteiger partial charge in [-0.3, -0.25) is 0 Å². The van der Waals surface area contributed by atoms with Crippen molar-refractivity contribution in [3.63, 3.8) is 0 Å². The molecule has 1 unspecified atom stereocenters. The van der Waals surface area contributed by atoms with Crippen molar-refractivity contribution in [2.75, 3.05) is 39.8 Å². The lowest BCUT2D eigenvalue weighted by molar-refractivity contribution is 0.206. The normalized spacial score (nSPS) is 23.6. The Kier molecular flexibility index (Phi) is 5.73. The van der Waals surface area contributed by atoms with Crippen LogP contribution in [-0.4, -0.2) is 50.2 Å². The fourth-order valence-electron chi connectivity index (χ4n) is 2.27. The monoisotopic (exact) mass is 227 g/mol. The molecule has 96 valence electrons. The summed E-state index contributed by atoms with van der Waals surface area (Å²) < 4.78 is 0. The summed E-state index contributed by atoms with van der Waals surface area (Å²) in [5.74, 6) is 0.855. The molecule has 1 heterocycles. The maximum atomic E-state index is 3.56. The van der Waals surface area contributed by atoms with Crippen LogP contribution in [0, 0.1) is 5.92 Å². The minimum Gasteiger partial charge on any atom is -0.315 e. The molecule has 0 amide bonds. The van der Waals surface area contributed by atoms with E-state index in [-0.39, 0.29) is 5.54 Å². The van der Waals surface area contributed by atoms with Crippen molar-refractivity contribution in [2.24, 2.45) is 5.92 Å². The van der Waals surface area contributed by atoms with Gasteiger partial charge in [-0.15, -0.1) is 0 Å². The molecule has 1 aliphatic rings. The summed E-state index contributed by atoms with van der Waals surface area (Å²) in [6, 6.07) is 0. The standard InChI is InChI=1S/C13H29N3/c1-13(2,3)15-8-7-14-10-12-6-5-9-16(4)11-12/h12,14-15H,5-11H2,1-4H3. The number of hydrogen-bond donors (Lipinski definition) is 2. The Labute approximate surface area is 101 Å². The molecule has 3 nitrogen and oxygen atoms in total. The van der Waals surface area contributed by atoms with Crippen LogP contribution >= 0.6 is 0 Å². The van der Waals surface area contributed by atoms with E-state index in [0.29, 0.717) is 0 Å². The zero-order valence-corrected chi connectivity index (χ0v) is 11.5. The van der Waals surface area contributed by atoms with Gasteiger partial charge >= 0.3 is 0 Å². The third-order valence-electron chi connectivity index (χ3n) is 3.11. The first-order valence-electron chi connectivity index (χ1n) is 6.62. The van der Waals surface area contributed by atoms with Gasteiger partial charge in [0.25, 0.3) is 0 Å². The van der Waals surface area contributed by atoms with Gasteiger partial charge in [0, 0.05) is 25.2 Å². The zero-order valence-electron chi connectivity index (χ0n) is 11.5. The molecule has 0 aromatic carbocycles. The van der Waals surface area contributed by atoms with Crippen molar-refractivity contribution in [2.45, 2.75) is 39.2 Å². The van der Waals surface area contributed by atoms with Gasteiger partial charge in [-0.05, 0) is 59.7 Å². The predicted octanol–water partition coefficient (Wildman–Crippen LogP) is 1.31. The third-order valence-corrected chi connectivity index (χ3v) is 3.11. The van der Waals surface area contributed by atoms with Gasteiger partial charge < -0.3 is 15.5 Å². The Morgan fingerprint density at radius 3 is 2.62 bits per heavy atom. The van der Waals surface area contributed by atoms with Crippen LogP contribution < -0.4 is 10.6 Å². The van der Waals surface area contributed by atoms with Gasteiger partial charge in [0.2, 0.25) is 0 Å². The summed E-state index contributed by atoms with van der Waals surface area (Å²) in [5.41, 5.74) is 0.243. The van der Waals surface area contributed by atoms with E-state index in [1.807, 2.05) is 0 Å². The van der Waals surface area contributed by atoms with Crippen molar-refractivity contribution in [1.82, 2.24) is 15.5 Å². The summed E-state index contributed by atoms with van der Waals surface area (Å²) >= 11 is 0. The SMILES string of the molecule is CN1CCCC(CNCCNC(C)(C)C)C1. The number of hydrogen-bond acceptors (Lipinski definition) is 3. The molecule has 0 radical (unpaired) electrons. The lowest BCUT2D eigenvalue weighted by Gasteiger charge is -2.30. The molecule has 3 heteroatoms. The smallest absolute Gasteiger partial charge is 0.00970 e. The van der Waals surface area contributed by atoms with E-state index in [1.165, 1.54) is 32.5 Å². The minimum atomic E-state index is 0.243. The summed E-state index contributed by atoms with van der Waals surface area (Å²) in [4.78, 5) is 2.45. The van der Waals surface area contributed by atoms with Gasteiger partial charge in [-0.2, -0.15) is 0 Å². The lowest BCUT2D eigenvalue weighted by atomic mass is 9.98. The molecule has 16 heavy (non-hydrogen) atoms. The first-order chi connectivity index (χ1) is 7.47. The average Bonchev–Trinajstić information content (AvgIpc) is 2.15. The highest BCUT2D eigenvalue weighted by Crippen LogP contribution is 2.13. The number of piperidine rings is 1. The average molecular weight is 227 g/mol. The summed E-state index contributed by atoms with van der Waals surface area (Å²) in [6.07, 6.45) is 2.76. The summed E-state index contributed by atoms with van der Waals surface area (Å²) in [5, 5.41) is 7.05. The number of rotatable bonds is 5. The van der Waals surface area contributed by atoms with Gasteiger partial charge in [0.1, 0.15) is 0 Å². The molecule has 1 atom stereocenters. The Bertz CT molecular complexity index is 186. The Morgan fingerprint density at radius 2 is 2.00 bits per heavy atom. The highest BCUT2D eigenvalue weighted by molar-refractivity contribution is 4.74. The van der Waals surface area contributed by atoms with E-state index in [2.05, 4.69) is 43.4 Å². The van der Waals surface area contributed by atoms with Crippen molar-refractivity contribution in [3.05, 3.63) is 0 Å². The quantitative estimate of drug-likeness (QED) is 0.693. The van der Waals surface area contributed by atoms with Gasteiger partial charge in [0.15, 0.2) is 0 Å². The van der Waals surface area contributed by atoms with Crippen molar-refractivity contribution >= 4 is 0 Å². The maximum absolute atomic E-state index is 3.56. The second-order valence-corrected chi connectivity index (χ2v) is 6.15. The van der Waals surface area contributed by atoms with Crippen LogP contribution in [-0.2, 0) is 0 Å². The van der Waals surface area contributed by atoms with Crippen molar-refractivity contribution in [1.29, 1.82) is 0 Å². The first kappa shape index (κ1) is 13.9. The Balaban J connectivity index is 1.98. The molecule has 0 spiro atoms. The molecule has 0 aliphatic carbocycles. The highest BCUT2D eigenvalue weighted by Gasteiger charge is 2.16. The van der Waals surface area contributed by atoms with Crippen LogP contribution in [0.15, 0.2) is 0 Å². The van der Waals surface area contributed by atoms with E-state index in [0.717, 1.165) is 19.0 Å². The summed E-state index contributed by atoms with van der Waals surface area (Å²) in [7, 11) is 2.23. The highest BCUT2D eigenvalue weighted by atomic mass is 15.1. The predicted molar refractivity (Wildman–Crippen MR) is 70.8 cm³/mol. The van der Waals surface area contributed by atoms with Gasteiger partial charge in [-0.25, -0.2) is 0 Å². The third kappa shape index (κ3) is 6.46. The summed E-state index contributed by atoms with van der Waals surface area (Å²) in [6.45, 7) is 12.5. The molecule has 1 fully saturated rings. The van der Waals surface area contributed by atoms with Crippen LogP contribution in [0.1, 0.15) is 33.6 Å². The maximum Gasteiger partial charge on any atom is 0.00970 e. The fraction of sp³-hybridized carbons (Fsp3) is 1.00. The van der Waals surface area contributed by atoms with Crippen molar-refractivity contribution in [3.8, 4) is 0 Å².